The van der Waals surface area contributed by atoms with E-state index in [1.54, 1.807) is 23.0 Å². The number of thiophene rings is 1. The van der Waals surface area contributed by atoms with E-state index in [0.29, 0.717) is 16.9 Å². The average Bonchev–Trinajstić information content (AvgIpc) is 3.38. The van der Waals surface area contributed by atoms with E-state index in [2.05, 4.69) is 10.4 Å². The Bertz CT molecular complexity index is 1260. The Morgan fingerprint density at radius 1 is 1.03 bits per heavy atom. The Morgan fingerprint density at radius 2 is 1.83 bits per heavy atom. The highest BCUT2D eigenvalue weighted by Crippen LogP contribution is 2.28. The molecule has 146 valence electrons. The predicted octanol–water partition coefficient (Wildman–Crippen LogP) is 4.26. The van der Waals surface area contributed by atoms with Crippen molar-refractivity contribution in [2.45, 2.75) is 4.90 Å². The normalized spacial score (nSPS) is 11.3. The highest BCUT2D eigenvalue weighted by atomic mass is 32.2. The molecule has 1 N–H and O–H groups in total. The zero-order valence-corrected chi connectivity index (χ0v) is 17.1. The van der Waals surface area contributed by atoms with E-state index < -0.39 is 9.84 Å². The second-order valence-corrected chi connectivity index (χ2v) is 9.37. The van der Waals surface area contributed by atoms with Crippen LogP contribution in [0.2, 0.25) is 0 Å². The largest absolute Gasteiger partial charge is 0.322 e. The molecule has 0 aliphatic carbocycles. The number of para-hydroxylation sites is 1. The summed E-state index contributed by atoms with van der Waals surface area (Å²) in [7, 11) is -3.37. The number of rotatable bonds is 5. The fourth-order valence-electron chi connectivity index (χ4n) is 2.85. The molecule has 0 saturated carbocycles. The van der Waals surface area contributed by atoms with E-state index in [1.807, 2.05) is 47.8 Å². The van der Waals surface area contributed by atoms with Crippen LogP contribution >= 0.6 is 11.3 Å². The van der Waals surface area contributed by atoms with Gasteiger partial charge in [0.1, 0.15) is 5.69 Å². The lowest BCUT2D eigenvalue weighted by Gasteiger charge is -2.06. The Labute approximate surface area is 172 Å². The van der Waals surface area contributed by atoms with Gasteiger partial charge in [0.2, 0.25) is 0 Å². The van der Waals surface area contributed by atoms with Gasteiger partial charge in [0.25, 0.3) is 5.91 Å². The smallest absolute Gasteiger partial charge is 0.259 e. The van der Waals surface area contributed by atoms with E-state index in [9.17, 15) is 13.2 Å². The lowest BCUT2D eigenvalue weighted by atomic mass is 10.2. The van der Waals surface area contributed by atoms with Crippen LogP contribution in [0.15, 0.2) is 83.2 Å². The number of carbonyl (C=O) groups is 1. The zero-order valence-electron chi connectivity index (χ0n) is 15.4. The fourth-order valence-corrected chi connectivity index (χ4v) is 4.24. The van der Waals surface area contributed by atoms with Gasteiger partial charge in [-0.05, 0) is 41.8 Å². The van der Waals surface area contributed by atoms with Crippen molar-refractivity contribution in [1.82, 2.24) is 9.78 Å². The van der Waals surface area contributed by atoms with Gasteiger partial charge in [-0.25, -0.2) is 13.1 Å². The molecule has 2 aromatic carbocycles. The molecule has 29 heavy (non-hydrogen) atoms. The van der Waals surface area contributed by atoms with Crippen LogP contribution in [0.5, 0.6) is 0 Å². The minimum absolute atomic E-state index is 0.147. The highest BCUT2D eigenvalue weighted by Gasteiger charge is 2.20. The third-order valence-electron chi connectivity index (χ3n) is 4.25. The summed E-state index contributed by atoms with van der Waals surface area (Å²) < 4.78 is 25.2. The van der Waals surface area contributed by atoms with Crippen LogP contribution in [0.3, 0.4) is 0 Å². The average molecular weight is 424 g/mol. The number of sulfone groups is 1. The molecule has 2 heterocycles. The SMILES string of the molecule is CS(=O)(=O)c1cccc(NC(=O)c2cn(-c3ccccc3)nc2-c2cccs2)c1. The lowest BCUT2D eigenvalue weighted by Crippen LogP contribution is -2.12. The monoisotopic (exact) mass is 423 g/mol. The molecule has 0 bridgehead atoms. The maximum atomic E-state index is 13.0. The third kappa shape index (κ3) is 4.13. The first kappa shape index (κ1) is 19.1. The van der Waals surface area contributed by atoms with Gasteiger partial charge in [-0.15, -0.1) is 11.3 Å². The summed E-state index contributed by atoms with van der Waals surface area (Å²) in [5, 5.41) is 9.32. The molecule has 0 aliphatic rings. The van der Waals surface area contributed by atoms with E-state index in [0.717, 1.165) is 16.8 Å². The molecule has 0 spiro atoms. The second-order valence-electron chi connectivity index (χ2n) is 6.40. The molecular weight excluding hydrogens is 406 g/mol. The molecule has 0 aliphatic heterocycles. The number of benzene rings is 2. The molecule has 4 aromatic rings. The quantitative estimate of drug-likeness (QED) is 0.520. The first-order valence-electron chi connectivity index (χ1n) is 8.72. The maximum absolute atomic E-state index is 13.0. The van der Waals surface area contributed by atoms with Gasteiger partial charge >= 0.3 is 0 Å². The van der Waals surface area contributed by atoms with Crippen molar-refractivity contribution in [3.05, 3.63) is 83.9 Å². The van der Waals surface area contributed by atoms with E-state index >= 15 is 0 Å². The van der Waals surface area contributed by atoms with Crippen molar-refractivity contribution >= 4 is 32.8 Å². The van der Waals surface area contributed by atoms with Crippen molar-refractivity contribution in [3.63, 3.8) is 0 Å². The fraction of sp³-hybridized carbons (Fsp3) is 0.0476. The van der Waals surface area contributed by atoms with Gasteiger partial charge in [-0.3, -0.25) is 4.79 Å². The number of amides is 1. The van der Waals surface area contributed by atoms with Crippen molar-refractivity contribution in [1.29, 1.82) is 0 Å². The van der Waals surface area contributed by atoms with Crippen LogP contribution in [0, 0.1) is 0 Å². The summed E-state index contributed by atoms with van der Waals surface area (Å²) in [6.07, 6.45) is 2.81. The van der Waals surface area contributed by atoms with Crippen LogP contribution in [0.4, 0.5) is 5.69 Å². The van der Waals surface area contributed by atoms with Crippen molar-refractivity contribution < 1.29 is 13.2 Å². The van der Waals surface area contributed by atoms with Gasteiger partial charge in [0.05, 0.1) is 21.0 Å². The first-order valence-corrected chi connectivity index (χ1v) is 11.5. The number of nitrogens with one attached hydrogen (secondary N) is 1. The number of carbonyl (C=O) groups excluding carboxylic acids is 1. The van der Waals surface area contributed by atoms with Crippen LogP contribution in [-0.4, -0.2) is 30.4 Å². The molecule has 4 rings (SSSR count). The predicted molar refractivity (Wildman–Crippen MR) is 114 cm³/mol. The standard InChI is InChI=1S/C21H17N3O3S2/c1-29(26,27)17-10-5-7-15(13-17)22-21(25)18-14-24(16-8-3-2-4-9-16)23-20(18)19-11-6-12-28-19/h2-14H,1H3,(H,22,25). The van der Waals surface area contributed by atoms with E-state index in [1.165, 1.54) is 23.5 Å². The number of aromatic nitrogens is 2. The highest BCUT2D eigenvalue weighted by molar-refractivity contribution is 7.90. The van der Waals surface area contributed by atoms with Crippen molar-refractivity contribution in [2.24, 2.45) is 0 Å². The molecule has 1 amide bonds. The summed E-state index contributed by atoms with van der Waals surface area (Å²) in [4.78, 5) is 14.0. The molecule has 8 heteroatoms. The zero-order chi connectivity index (χ0) is 20.4. The van der Waals surface area contributed by atoms with Gasteiger partial charge < -0.3 is 5.32 Å². The number of hydrogen-bond acceptors (Lipinski definition) is 5. The number of hydrogen-bond donors (Lipinski definition) is 1. The summed E-state index contributed by atoms with van der Waals surface area (Å²) in [5.74, 6) is -0.360. The van der Waals surface area contributed by atoms with Gasteiger partial charge in [0, 0.05) is 18.1 Å². The Balaban J connectivity index is 1.72. The molecule has 6 nitrogen and oxygen atoms in total. The molecule has 0 unspecified atom stereocenters. The summed E-state index contributed by atoms with van der Waals surface area (Å²) in [6, 6.07) is 19.5. The Hall–Kier alpha value is -3.23. The molecular formula is C21H17N3O3S2. The molecule has 0 saturated heterocycles. The Kier molecular flexibility index (Phi) is 5.04. The van der Waals surface area contributed by atoms with Crippen LogP contribution in [-0.2, 0) is 9.84 Å². The summed E-state index contributed by atoms with van der Waals surface area (Å²) >= 11 is 1.49. The Morgan fingerprint density at radius 3 is 2.52 bits per heavy atom. The molecule has 0 fully saturated rings. The minimum atomic E-state index is -3.37. The summed E-state index contributed by atoms with van der Waals surface area (Å²) in [5.41, 5.74) is 2.22. The molecule has 2 aromatic heterocycles. The van der Waals surface area contributed by atoms with E-state index in [4.69, 9.17) is 0 Å². The topological polar surface area (TPSA) is 81.1 Å². The molecule has 0 atom stereocenters. The number of nitrogens with zero attached hydrogens (tertiary/aromatic N) is 2. The molecule has 0 radical (unpaired) electrons. The lowest BCUT2D eigenvalue weighted by molar-refractivity contribution is 0.102. The van der Waals surface area contributed by atoms with Crippen LogP contribution in [0.25, 0.3) is 16.3 Å². The van der Waals surface area contributed by atoms with Crippen molar-refractivity contribution in [2.75, 3.05) is 11.6 Å². The third-order valence-corrected chi connectivity index (χ3v) is 6.24. The van der Waals surface area contributed by atoms with Gasteiger partial charge in [-0.1, -0.05) is 30.3 Å². The van der Waals surface area contributed by atoms with Crippen LogP contribution < -0.4 is 5.32 Å². The van der Waals surface area contributed by atoms with E-state index in [-0.39, 0.29) is 10.8 Å². The summed E-state index contributed by atoms with van der Waals surface area (Å²) in [6.45, 7) is 0. The number of anilines is 1. The second kappa shape index (κ2) is 7.65. The van der Waals surface area contributed by atoms with Crippen molar-refractivity contribution in [3.8, 4) is 16.3 Å². The van der Waals surface area contributed by atoms with Crippen LogP contribution in [0.1, 0.15) is 10.4 Å². The maximum Gasteiger partial charge on any atom is 0.259 e. The minimum Gasteiger partial charge on any atom is -0.322 e. The first-order chi connectivity index (χ1) is 13.9. The van der Waals surface area contributed by atoms with Gasteiger partial charge in [-0.2, -0.15) is 5.10 Å². The van der Waals surface area contributed by atoms with Gasteiger partial charge in [0.15, 0.2) is 9.84 Å².